The molecule has 2 aromatic rings. The van der Waals surface area contributed by atoms with Crippen molar-refractivity contribution in [3.8, 4) is 0 Å². The lowest BCUT2D eigenvalue weighted by molar-refractivity contribution is -0.116. The normalized spacial score (nSPS) is 11.3. The summed E-state index contributed by atoms with van der Waals surface area (Å²) in [5.74, 6) is -1.05. The Kier molecular flexibility index (Phi) is 6.95. The number of carbonyl (C=O) groups excluding carboxylic acids is 2. The van der Waals surface area contributed by atoms with E-state index in [0.717, 1.165) is 4.31 Å². The molecular formula is C18H19ClN2O5S. The average Bonchev–Trinajstić information content (AvgIpc) is 2.62. The SMILES string of the molecule is CCOC(=O)c1cccc(NC(=O)CN(C)S(=O)(=O)c2ccc(Cl)cc2)c1. The van der Waals surface area contributed by atoms with Crippen LogP contribution < -0.4 is 5.32 Å². The first-order chi connectivity index (χ1) is 12.7. The van der Waals surface area contributed by atoms with Crippen molar-refractivity contribution in [1.29, 1.82) is 0 Å². The van der Waals surface area contributed by atoms with Crippen LogP contribution in [0.3, 0.4) is 0 Å². The van der Waals surface area contributed by atoms with Crippen LogP contribution in [0.15, 0.2) is 53.4 Å². The van der Waals surface area contributed by atoms with E-state index in [0.29, 0.717) is 10.7 Å². The van der Waals surface area contributed by atoms with Gasteiger partial charge in [0.05, 0.1) is 23.6 Å². The monoisotopic (exact) mass is 410 g/mol. The minimum atomic E-state index is -3.83. The van der Waals surface area contributed by atoms with Crippen molar-refractivity contribution in [1.82, 2.24) is 4.31 Å². The minimum Gasteiger partial charge on any atom is -0.462 e. The molecule has 27 heavy (non-hydrogen) atoms. The van der Waals surface area contributed by atoms with E-state index in [2.05, 4.69) is 5.32 Å². The number of carbonyl (C=O) groups is 2. The van der Waals surface area contributed by atoms with Crippen LogP contribution >= 0.6 is 11.6 Å². The van der Waals surface area contributed by atoms with E-state index in [1.165, 1.54) is 37.4 Å². The highest BCUT2D eigenvalue weighted by molar-refractivity contribution is 7.89. The van der Waals surface area contributed by atoms with E-state index in [-0.39, 0.29) is 17.1 Å². The fourth-order valence-corrected chi connectivity index (χ4v) is 3.47. The Morgan fingerprint density at radius 3 is 2.44 bits per heavy atom. The Labute approximate surface area is 162 Å². The second-order valence-electron chi connectivity index (χ2n) is 5.56. The van der Waals surface area contributed by atoms with Crippen LogP contribution in [-0.4, -0.2) is 44.8 Å². The molecule has 0 radical (unpaired) electrons. The summed E-state index contributed by atoms with van der Waals surface area (Å²) in [6.45, 7) is 1.54. The number of sulfonamides is 1. The maximum absolute atomic E-state index is 12.5. The molecule has 0 bridgehead atoms. The number of amides is 1. The molecule has 2 rings (SSSR count). The molecule has 0 fully saturated rings. The molecule has 0 aromatic heterocycles. The summed E-state index contributed by atoms with van der Waals surface area (Å²) >= 11 is 5.77. The van der Waals surface area contributed by atoms with Gasteiger partial charge >= 0.3 is 5.97 Å². The average molecular weight is 411 g/mol. The zero-order chi connectivity index (χ0) is 20.0. The van der Waals surface area contributed by atoms with Crippen molar-refractivity contribution in [2.45, 2.75) is 11.8 Å². The molecule has 9 heteroatoms. The van der Waals surface area contributed by atoms with Crippen molar-refractivity contribution in [3.63, 3.8) is 0 Å². The largest absolute Gasteiger partial charge is 0.462 e. The lowest BCUT2D eigenvalue weighted by Crippen LogP contribution is -2.35. The number of hydrogen-bond donors (Lipinski definition) is 1. The van der Waals surface area contributed by atoms with Crippen LogP contribution in [0.5, 0.6) is 0 Å². The first kappa shape index (κ1) is 20.9. The highest BCUT2D eigenvalue weighted by Gasteiger charge is 2.23. The molecule has 144 valence electrons. The Morgan fingerprint density at radius 2 is 1.81 bits per heavy atom. The van der Waals surface area contributed by atoms with Gasteiger partial charge in [-0.3, -0.25) is 4.79 Å². The molecule has 7 nitrogen and oxygen atoms in total. The number of anilines is 1. The smallest absolute Gasteiger partial charge is 0.338 e. The van der Waals surface area contributed by atoms with Crippen LogP contribution in [0.2, 0.25) is 5.02 Å². The van der Waals surface area contributed by atoms with Gasteiger partial charge in [-0.25, -0.2) is 13.2 Å². The third kappa shape index (κ3) is 5.53. The van der Waals surface area contributed by atoms with E-state index in [1.807, 2.05) is 0 Å². The molecule has 0 aliphatic heterocycles. The highest BCUT2D eigenvalue weighted by atomic mass is 35.5. The first-order valence-electron chi connectivity index (χ1n) is 8.03. The summed E-state index contributed by atoms with van der Waals surface area (Å²) in [5.41, 5.74) is 0.652. The third-order valence-electron chi connectivity index (χ3n) is 3.55. The zero-order valence-electron chi connectivity index (χ0n) is 14.8. The van der Waals surface area contributed by atoms with Crippen LogP contribution in [0.4, 0.5) is 5.69 Å². The quantitative estimate of drug-likeness (QED) is 0.708. The Balaban J connectivity index is 2.06. The van der Waals surface area contributed by atoms with Gasteiger partial charge in [0.15, 0.2) is 0 Å². The van der Waals surface area contributed by atoms with Gasteiger partial charge in [0.2, 0.25) is 15.9 Å². The highest BCUT2D eigenvalue weighted by Crippen LogP contribution is 2.18. The molecule has 0 heterocycles. The third-order valence-corrected chi connectivity index (χ3v) is 5.62. The van der Waals surface area contributed by atoms with E-state index < -0.39 is 28.4 Å². The molecule has 0 unspecified atom stereocenters. The lowest BCUT2D eigenvalue weighted by atomic mass is 10.2. The molecule has 1 amide bonds. The second-order valence-corrected chi connectivity index (χ2v) is 8.05. The maximum Gasteiger partial charge on any atom is 0.338 e. The summed E-state index contributed by atoms with van der Waals surface area (Å²) in [6, 6.07) is 11.9. The van der Waals surface area contributed by atoms with Gasteiger partial charge in [-0.1, -0.05) is 17.7 Å². The first-order valence-corrected chi connectivity index (χ1v) is 9.84. The van der Waals surface area contributed by atoms with Crippen molar-refractivity contribution in [2.24, 2.45) is 0 Å². The zero-order valence-corrected chi connectivity index (χ0v) is 16.4. The Hall–Kier alpha value is -2.42. The summed E-state index contributed by atoms with van der Waals surface area (Å²) in [7, 11) is -2.53. The van der Waals surface area contributed by atoms with Gasteiger partial charge in [0.1, 0.15) is 0 Å². The van der Waals surface area contributed by atoms with Gasteiger partial charge in [0.25, 0.3) is 0 Å². The predicted molar refractivity (Wildman–Crippen MR) is 102 cm³/mol. The molecule has 2 aromatic carbocycles. The van der Waals surface area contributed by atoms with Gasteiger partial charge in [-0.2, -0.15) is 4.31 Å². The fourth-order valence-electron chi connectivity index (χ4n) is 2.21. The number of nitrogens with one attached hydrogen (secondary N) is 1. The van der Waals surface area contributed by atoms with E-state index in [9.17, 15) is 18.0 Å². The van der Waals surface area contributed by atoms with Crippen molar-refractivity contribution >= 4 is 39.2 Å². The summed E-state index contributed by atoms with van der Waals surface area (Å²) in [6.07, 6.45) is 0. The minimum absolute atomic E-state index is 0.0338. The Bertz CT molecular complexity index is 929. The van der Waals surface area contributed by atoms with Crippen molar-refractivity contribution in [2.75, 3.05) is 25.5 Å². The molecular weight excluding hydrogens is 392 g/mol. The Morgan fingerprint density at radius 1 is 1.15 bits per heavy atom. The number of nitrogens with zero attached hydrogens (tertiary/aromatic N) is 1. The fraction of sp³-hybridized carbons (Fsp3) is 0.222. The van der Waals surface area contributed by atoms with Gasteiger partial charge < -0.3 is 10.1 Å². The van der Waals surface area contributed by atoms with E-state index in [4.69, 9.17) is 16.3 Å². The van der Waals surface area contributed by atoms with Crippen LogP contribution in [-0.2, 0) is 19.6 Å². The van der Waals surface area contributed by atoms with Gasteiger partial charge in [-0.05, 0) is 49.4 Å². The summed E-state index contributed by atoms with van der Waals surface area (Å²) < 4.78 is 30.8. The van der Waals surface area contributed by atoms with Crippen molar-refractivity contribution in [3.05, 3.63) is 59.1 Å². The molecule has 1 N–H and O–H groups in total. The maximum atomic E-state index is 12.5. The standard InChI is InChI=1S/C18H19ClN2O5S/c1-3-26-18(23)13-5-4-6-15(11-13)20-17(22)12-21(2)27(24,25)16-9-7-14(19)8-10-16/h4-11H,3,12H2,1-2H3,(H,20,22). The summed E-state index contributed by atoms with van der Waals surface area (Å²) in [4.78, 5) is 24.0. The van der Waals surface area contributed by atoms with Crippen LogP contribution in [0.25, 0.3) is 0 Å². The predicted octanol–water partition coefficient (Wildman–Crippen LogP) is 2.78. The topological polar surface area (TPSA) is 92.8 Å². The second kappa shape index (κ2) is 8.98. The number of ether oxygens (including phenoxy) is 1. The van der Waals surface area contributed by atoms with Crippen LogP contribution in [0, 0.1) is 0 Å². The number of rotatable bonds is 7. The van der Waals surface area contributed by atoms with Gasteiger partial charge in [0, 0.05) is 17.8 Å². The van der Waals surface area contributed by atoms with Crippen molar-refractivity contribution < 1.29 is 22.7 Å². The summed E-state index contributed by atoms with van der Waals surface area (Å²) in [5, 5.41) is 2.98. The number of likely N-dealkylation sites (N-methyl/N-ethyl adjacent to an activating group) is 1. The van der Waals surface area contributed by atoms with E-state index in [1.54, 1.807) is 25.1 Å². The molecule has 0 atom stereocenters. The number of halogens is 1. The van der Waals surface area contributed by atoms with Gasteiger partial charge in [-0.15, -0.1) is 0 Å². The van der Waals surface area contributed by atoms with E-state index >= 15 is 0 Å². The number of hydrogen-bond acceptors (Lipinski definition) is 5. The lowest BCUT2D eigenvalue weighted by Gasteiger charge is -2.17. The molecule has 0 saturated carbocycles. The number of benzene rings is 2. The number of esters is 1. The molecule has 0 aliphatic carbocycles. The molecule has 0 aliphatic rings. The molecule has 0 saturated heterocycles. The molecule has 0 spiro atoms. The van der Waals surface area contributed by atoms with Crippen LogP contribution in [0.1, 0.15) is 17.3 Å².